The number of amides is 1. The summed E-state index contributed by atoms with van der Waals surface area (Å²) in [6.07, 6.45) is 3.62. The van der Waals surface area contributed by atoms with E-state index in [9.17, 15) is 14.5 Å². The zero-order chi connectivity index (χ0) is 21.5. The third-order valence-electron chi connectivity index (χ3n) is 5.28. The molecule has 9 nitrogen and oxygen atoms in total. The second kappa shape index (κ2) is 7.62. The fourth-order valence-electron chi connectivity index (χ4n) is 3.24. The van der Waals surface area contributed by atoms with Crippen LogP contribution in [0.1, 0.15) is 41.9 Å². The average molecular weight is 430 g/mol. The van der Waals surface area contributed by atoms with Crippen LogP contribution < -0.4 is 10.8 Å². The molecule has 0 saturated heterocycles. The van der Waals surface area contributed by atoms with Gasteiger partial charge in [-0.15, -0.1) is 4.37 Å². The van der Waals surface area contributed by atoms with E-state index >= 15 is 0 Å². The molecule has 0 bridgehead atoms. The maximum Gasteiger partial charge on any atom is 0.257 e. The fraction of sp³-hybridized carbons (Fsp3) is 0.350. The fourth-order valence-corrected chi connectivity index (χ4v) is 3.90. The molecule has 1 aliphatic carbocycles. The molecule has 3 aromatic rings. The number of carbonyl (C=O) groups is 1. The number of benzene rings is 1. The number of phenolic OH excluding ortho intramolecular Hbond substituents is 1. The number of H-pyrrole nitrogens is 1. The van der Waals surface area contributed by atoms with Crippen molar-refractivity contribution in [1.29, 1.82) is 0 Å². The molecule has 2 aromatic heterocycles. The van der Waals surface area contributed by atoms with Crippen LogP contribution in [-0.4, -0.2) is 43.3 Å². The number of phenols is 1. The molecule has 1 aromatic carbocycles. The number of nitrogens with zero attached hydrogens (tertiary/aromatic N) is 3. The Balaban J connectivity index is 1.72. The number of aromatic nitrogens is 2. The van der Waals surface area contributed by atoms with Crippen molar-refractivity contribution >= 4 is 28.6 Å². The number of furan rings is 1. The quantitative estimate of drug-likeness (QED) is 0.407. The van der Waals surface area contributed by atoms with Crippen LogP contribution in [0.2, 0.25) is 0 Å². The molecule has 1 saturated carbocycles. The average Bonchev–Trinajstić information content (AvgIpc) is 3.09. The Morgan fingerprint density at radius 2 is 2.17 bits per heavy atom. The Bertz CT molecular complexity index is 1130. The monoisotopic (exact) mass is 429 g/mol. The van der Waals surface area contributed by atoms with Crippen LogP contribution >= 0.6 is 11.1 Å². The van der Waals surface area contributed by atoms with Gasteiger partial charge in [-0.05, 0) is 42.5 Å². The highest BCUT2D eigenvalue weighted by Gasteiger charge is 2.47. The van der Waals surface area contributed by atoms with Crippen molar-refractivity contribution in [3.8, 4) is 5.75 Å². The summed E-state index contributed by atoms with van der Waals surface area (Å²) >= 11 is -1.70. The van der Waals surface area contributed by atoms with E-state index in [1.165, 1.54) is 11.0 Å². The van der Waals surface area contributed by atoms with Gasteiger partial charge in [0.15, 0.2) is 16.9 Å². The lowest BCUT2D eigenvalue weighted by Crippen LogP contribution is -2.22. The zero-order valence-electron chi connectivity index (χ0n) is 16.9. The van der Waals surface area contributed by atoms with Crippen LogP contribution in [0.15, 0.2) is 46.0 Å². The summed E-state index contributed by atoms with van der Waals surface area (Å²) < 4.78 is 24.5. The Morgan fingerprint density at radius 3 is 2.80 bits per heavy atom. The SMILES string of the molecule is CN(C)C(=O)c1cccc(Nc2n[s+]([O-])[nH]c2=N[C@@H](c2ccco2)C2(C)CC2)c1O. The van der Waals surface area contributed by atoms with Crippen molar-refractivity contribution in [3.63, 3.8) is 0 Å². The van der Waals surface area contributed by atoms with Gasteiger partial charge in [0.1, 0.15) is 11.8 Å². The lowest BCUT2D eigenvalue weighted by Gasteiger charge is -2.16. The van der Waals surface area contributed by atoms with Gasteiger partial charge in [-0.2, -0.15) is 0 Å². The molecule has 2 atom stereocenters. The van der Waals surface area contributed by atoms with Crippen molar-refractivity contribution in [2.24, 2.45) is 10.4 Å². The topological polar surface area (TPSA) is 130 Å². The molecule has 1 fully saturated rings. The van der Waals surface area contributed by atoms with E-state index in [-0.39, 0.29) is 40.2 Å². The highest BCUT2D eigenvalue weighted by Crippen LogP contribution is 2.56. The third kappa shape index (κ3) is 3.83. The summed E-state index contributed by atoms with van der Waals surface area (Å²) in [5.74, 6) is 0.397. The van der Waals surface area contributed by atoms with E-state index in [0.29, 0.717) is 5.49 Å². The number of aromatic hydroxyl groups is 1. The highest BCUT2D eigenvalue weighted by atomic mass is 32.2. The molecule has 30 heavy (non-hydrogen) atoms. The van der Waals surface area contributed by atoms with Crippen LogP contribution in [0.5, 0.6) is 5.75 Å². The molecule has 4 rings (SSSR count). The van der Waals surface area contributed by atoms with Crippen LogP contribution in [0.3, 0.4) is 0 Å². The van der Waals surface area contributed by atoms with Gasteiger partial charge in [0, 0.05) is 18.5 Å². The Labute approximate surface area is 176 Å². The number of anilines is 2. The van der Waals surface area contributed by atoms with Crippen molar-refractivity contribution in [1.82, 2.24) is 13.6 Å². The van der Waals surface area contributed by atoms with E-state index < -0.39 is 11.1 Å². The number of para-hydroxylation sites is 1. The third-order valence-corrected chi connectivity index (χ3v) is 5.99. The summed E-state index contributed by atoms with van der Waals surface area (Å²) in [5, 5.41) is 13.5. The standard InChI is InChI=1S/C20H23N5O4S/c1-20(9-10-20)16(14-8-5-11-29-14)22-18-17(23-30(28)24-18)21-13-7-4-6-12(15(13)26)19(27)25(2)3/h4-8,11,16,26H,9-10H2,1-3H3,(H,21,23)(H,22,24)/t16-,30?/m0/s1. The van der Waals surface area contributed by atoms with Crippen molar-refractivity contribution in [3.05, 3.63) is 53.4 Å². The van der Waals surface area contributed by atoms with Crippen molar-refractivity contribution in [2.45, 2.75) is 25.8 Å². The van der Waals surface area contributed by atoms with Crippen molar-refractivity contribution < 1.29 is 18.9 Å². The van der Waals surface area contributed by atoms with Gasteiger partial charge in [-0.25, -0.2) is 4.99 Å². The lowest BCUT2D eigenvalue weighted by molar-refractivity contribution is 0.0824. The molecular formula is C20H23N5O4S. The summed E-state index contributed by atoms with van der Waals surface area (Å²) in [6.45, 7) is 2.13. The second-order valence-corrected chi connectivity index (χ2v) is 8.75. The van der Waals surface area contributed by atoms with E-state index in [2.05, 4.69) is 21.0 Å². The molecule has 1 amide bonds. The molecule has 0 aliphatic heterocycles. The maximum atomic E-state index is 12.3. The molecule has 2 heterocycles. The first kappa shape index (κ1) is 20.2. The van der Waals surface area contributed by atoms with Crippen LogP contribution in [-0.2, 0) is 0 Å². The van der Waals surface area contributed by atoms with E-state index in [1.807, 2.05) is 12.1 Å². The first-order valence-electron chi connectivity index (χ1n) is 9.48. The summed E-state index contributed by atoms with van der Waals surface area (Å²) in [7, 11) is 3.21. The van der Waals surface area contributed by atoms with Gasteiger partial charge in [0.2, 0.25) is 11.3 Å². The number of hydrogen-bond acceptors (Lipinski definition) is 7. The maximum absolute atomic E-state index is 12.3. The number of nitrogens with one attached hydrogen (secondary N) is 2. The molecule has 0 radical (unpaired) electrons. The van der Waals surface area contributed by atoms with Gasteiger partial charge < -0.3 is 24.3 Å². The lowest BCUT2D eigenvalue weighted by atomic mass is 9.97. The largest absolute Gasteiger partial charge is 0.548 e. The zero-order valence-corrected chi connectivity index (χ0v) is 17.7. The highest BCUT2D eigenvalue weighted by molar-refractivity contribution is 7.13. The number of aromatic amines is 1. The smallest absolute Gasteiger partial charge is 0.257 e. The summed E-state index contributed by atoms with van der Waals surface area (Å²) in [4.78, 5) is 18.4. The molecule has 10 heteroatoms. The predicted molar refractivity (Wildman–Crippen MR) is 111 cm³/mol. The minimum Gasteiger partial charge on any atom is -0.548 e. The van der Waals surface area contributed by atoms with Crippen LogP contribution in [0, 0.1) is 5.41 Å². The molecule has 1 aliphatic rings. The second-order valence-electron chi connectivity index (χ2n) is 7.87. The predicted octanol–water partition coefficient (Wildman–Crippen LogP) is 3.32. The summed E-state index contributed by atoms with van der Waals surface area (Å²) in [6, 6.07) is 8.21. The number of rotatable bonds is 6. The minimum atomic E-state index is -1.70. The van der Waals surface area contributed by atoms with Crippen LogP contribution in [0.25, 0.3) is 0 Å². The Morgan fingerprint density at radius 1 is 1.40 bits per heavy atom. The molecule has 3 N–H and O–H groups in total. The van der Waals surface area contributed by atoms with Gasteiger partial charge in [0.05, 0.1) is 17.5 Å². The molecule has 158 valence electrons. The van der Waals surface area contributed by atoms with Crippen LogP contribution in [0.4, 0.5) is 11.5 Å². The Hall–Kier alpha value is -3.11. The summed E-state index contributed by atoms with van der Waals surface area (Å²) in [5.41, 5.74) is 0.686. The minimum absolute atomic E-state index is 0.0398. The molecule has 1 unspecified atom stereocenters. The normalized spacial score (nSPS) is 16.9. The first-order valence-corrected chi connectivity index (χ1v) is 10.6. The van der Waals surface area contributed by atoms with Gasteiger partial charge in [0.25, 0.3) is 5.91 Å². The van der Waals surface area contributed by atoms with E-state index in [1.54, 1.807) is 32.5 Å². The first-order chi connectivity index (χ1) is 14.3. The number of hydrogen-bond donors (Lipinski definition) is 3. The van der Waals surface area contributed by atoms with Gasteiger partial charge in [-0.3, -0.25) is 4.79 Å². The van der Waals surface area contributed by atoms with Crippen molar-refractivity contribution in [2.75, 3.05) is 19.4 Å². The van der Waals surface area contributed by atoms with E-state index in [4.69, 9.17) is 9.41 Å². The molecule has 0 spiro atoms. The Kier molecular flexibility index (Phi) is 5.12. The van der Waals surface area contributed by atoms with E-state index in [0.717, 1.165) is 18.6 Å². The van der Waals surface area contributed by atoms with Gasteiger partial charge >= 0.3 is 0 Å². The number of carbonyl (C=O) groups excluding carboxylic acids is 1. The molecular weight excluding hydrogens is 406 g/mol. The van der Waals surface area contributed by atoms with Gasteiger partial charge in [-0.1, -0.05) is 13.0 Å².